The second kappa shape index (κ2) is 7.11. The lowest BCUT2D eigenvalue weighted by atomic mass is 9.98. The van der Waals surface area contributed by atoms with Gasteiger partial charge in [0.1, 0.15) is 11.6 Å². The van der Waals surface area contributed by atoms with Crippen molar-refractivity contribution in [1.29, 1.82) is 0 Å². The summed E-state index contributed by atoms with van der Waals surface area (Å²) in [7, 11) is 0. The van der Waals surface area contributed by atoms with E-state index in [1.165, 1.54) is 12.1 Å². The number of pyridine rings is 1. The number of hydrogen-bond acceptors (Lipinski definition) is 4. The van der Waals surface area contributed by atoms with Crippen molar-refractivity contribution in [3.05, 3.63) is 59.5 Å². The number of carbonyl (C=O) groups is 1. The summed E-state index contributed by atoms with van der Waals surface area (Å²) < 4.78 is 19.6. The number of rotatable bonds is 5. The molecule has 3 aromatic rings. The van der Waals surface area contributed by atoms with E-state index in [4.69, 9.17) is 9.84 Å². The van der Waals surface area contributed by atoms with Gasteiger partial charge in [0, 0.05) is 22.5 Å². The highest BCUT2D eigenvalue weighted by Crippen LogP contribution is 2.36. The van der Waals surface area contributed by atoms with Crippen molar-refractivity contribution in [1.82, 2.24) is 4.98 Å². The molecule has 1 aromatic heterocycles. The molecule has 0 aliphatic rings. The molecule has 0 radical (unpaired) electrons. The van der Waals surface area contributed by atoms with Crippen LogP contribution < -0.4 is 4.74 Å². The third kappa shape index (κ3) is 3.74. The van der Waals surface area contributed by atoms with Crippen LogP contribution in [0.4, 0.5) is 4.39 Å². The molecule has 0 fully saturated rings. The molecule has 0 bridgehead atoms. The van der Waals surface area contributed by atoms with Gasteiger partial charge >= 0.3 is 5.97 Å². The highest BCUT2D eigenvalue weighted by Gasteiger charge is 2.15. The number of aromatic nitrogens is 1. The normalized spacial score (nSPS) is 10.8. The summed E-state index contributed by atoms with van der Waals surface area (Å²) in [6, 6.07) is 9.73. The molecule has 1 N–H and O–H groups in total. The smallest absolute Gasteiger partial charge is 0.307 e. The van der Waals surface area contributed by atoms with Gasteiger partial charge in [0.25, 0.3) is 0 Å². The number of benzene rings is 2. The Kier molecular flexibility index (Phi) is 4.90. The van der Waals surface area contributed by atoms with Gasteiger partial charge in [-0.3, -0.25) is 4.79 Å². The number of ether oxygens (including phenoxy) is 1. The fourth-order valence-corrected chi connectivity index (χ4v) is 2.99. The first-order valence-corrected chi connectivity index (χ1v) is 8.82. The number of carboxylic acid groups (broad SMARTS) is 1. The van der Waals surface area contributed by atoms with E-state index in [9.17, 15) is 9.18 Å². The molecule has 0 saturated heterocycles. The standard InChI is InChI=1S/C19H16FNO3S/c1-11-13(8-18(22)23)7-12-3-4-14(20)9-16(12)19(11)24-17-6-5-15(25-2)10-21-17/h3-7,9-10H,8H2,1-2H3,(H,22,23). The van der Waals surface area contributed by atoms with Gasteiger partial charge in [-0.05, 0) is 47.9 Å². The van der Waals surface area contributed by atoms with Gasteiger partial charge in [-0.2, -0.15) is 0 Å². The number of nitrogens with zero attached hydrogens (tertiary/aromatic N) is 1. The Morgan fingerprint density at radius 2 is 2.08 bits per heavy atom. The molecule has 0 unspecified atom stereocenters. The Labute approximate surface area is 148 Å². The van der Waals surface area contributed by atoms with Gasteiger partial charge in [-0.15, -0.1) is 11.8 Å². The second-order valence-electron chi connectivity index (χ2n) is 5.56. The van der Waals surface area contributed by atoms with Crippen LogP contribution in [0.5, 0.6) is 11.6 Å². The lowest BCUT2D eigenvalue weighted by Gasteiger charge is -2.15. The summed E-state index contributed by atoms with van der Waals surface area (Å²) in [5, 5.41) is 10.4. The molecule has 25 heavy (non-hydrogen) atoms. The second-order valence-corrected chi connectivity index (χ2v) is 6.44. The summed E-state index contributed by atoms with van der Waals surface area (Å²) in [5.41, 5.74) is 1.29. The van der Waals surface area contributed by atoms with Crippen LogP contribution in [0, 0.1) is 12.7 Å². The molecular weight excluding hydrogens is 341 g/mol. The van der Waals surface area contributed by atoms with Crippen LogP contribution >= 0.6 is 11.8 Å². The quantitative estimate of drug-likeness (QED) is 0.663. The topological polar surface area (TPSA) is 59.4 Å². The lowest BCUT2D eigenvalue weighted by Crippen LogP contribution is -2.04. The van der Waals surface area contributed by atoms with Gasteiger partial charge in [-0.1, -0.05) is 12.1 Å². The van der Waals surface area contributed by atoms with Gasteiger partial charge < -0.3 is 9.84 Å². The van der Waals surface area contributed by atoms with E-state index in [1.54, 1.807) is 43.1 Å². The number of carboxylic acids is 1. The van der Waals surface area contributed by atoms with E-state index in [-0.39, 0.29) is 12.2 Å². The molecule has 0 spiro atoms. The molecule has 6 heteroatoms. The Morgan fingerprint density at radius 3 is 2.72 bits per heavy atom. The van der Waals surface area contributed by atoms with E-state index in [0.717, 1.165) is 10.3 Å². The van der Waals surface area contributed by atoms with Crippen molar-refractivity contribution in [2.24, 2.45) is 0 Å². The maximum absolute atomic E-state index is 13.7. The monoisotopic (exact) mass is 357 g/mol. The molecule has 0 saturated carbocycles. The van der Waals surface area contributed by atoms with E-state index in [0.29, 0.717) is 28.1 Å². The number of aliphatic carboxylic acids is 1. The lowest BCUT2D eigenvalue weighted by molar-refractivity contribution is -0.136. The Balaban J connectivity index is 2.13. The first kappa shape index (κ1) is 17.2. The van der Waals surface area contributed by atoms with Crippen LogP contribution in [0.2, 0.25) is 0 Å². The van der Waals surface area contributed by atoms with Crippen molar-refractivity contribution < 1.29 is 19.0 Å². The van der Waals surface area contributed by atoms with Crippen molar-refractivity contribution >= 4 is 28.5 Å². The summed E-state index contributed by atoms with van der Waals surface area (Å²) in [5.74, 6) is -0.511. The zero-order valence-corrected chi connectivity index (χ0v) is 14.6. The van der Waals surface area contributed by atoms with Gasteiger partial charge in [0.2, 0.25) is 5.88 Å². The molecule has 0 aliphatic heterocycles. The maximum atomic E-state index is 13.7. The van der Waals surface area contributed by atoms with Gasteiger partial charge in [-0.25, -0.2) is 9.37 Å². The number of hydrogen-bond donors (Lipinski definition) is 1. The third-order valence-corrected chi connectivity index (χ3v) is 4.62. The number of thioether (sulfide) groups is 1. The predicted octanol–water partition coefficient (Wildman–Crippen LogP) is 4.82. The molecular formula is C19H16FNO3S. The van der Waals surface area contributed by atoms with Crippen molar-refractivity contribution in [3.63, 3.8) is 0 Å². The zero-order chi connectivity index (χ0) is 18.0. The summed E-state index contributed by atoms with van der Waals surface area (Å²) >= 11 is 1.57. The van der Waals surface area contributed by atoms with Crippen LogP contribution in [0.25, 0.3) is 10.8 Å². The fraction of sp³-hybridized carbons (Fsp3) is 0.158. The Bertz CT molecular complexity index is 942. The molecule has 4 nitrogen and oxygen atoms in total. The molecule has 0 atom stereocenters. The molecule has 1 heterocycles. The number of fused-ring (bicyclic) bond motifs is 1. The Hall–Kier alpha value is -2.60. The van der Waals surface area contributed by atoms with E-state index >= 15 is 0 Å². The molecule has 128 valence electrons. The highest BCUT2D eigenvalue weighted by atomic mass is 32.2. The number of halogens is 1. The molecule has 0 amide bonds. The predicted molar refractivity (Wildman–Crippen MR) is 96.1 cm³/mol. The first-order valence-electron chi connectivity index (χ1n) is 7.59. The van der Waals surface area contributed by atoms with Gasteiger partial charge in [0.15, 0.2) is 0 Å². The minimum absolute atomic E-state index is 0.131. The molecule has 2 aromatic carbocycles. The average molecular weight is 357 g/mol. The summed E-state index contributed by atoms with van der Waals surface area (Å²) in [6.45, 7) is 1.77. The van der Waals surface area contributed by atoms with Crippen molar-refractivity contribution in [2.45, 2.75) is 18.2 Å². The van der Waals surface area contributed by atoms with Crippen LogP contribution in [0.15, 0.2) is 47.5 Å². The van der Waals surface area contributed by atoms with Gasteiger partial charge in [0.05, 0.1) is 6.42 Å². The van der Waals surface area contributed by atoms with E-state index in [2.05, 4.69) is 4.98 Å². The highest BCUT2D eigenvalue weighted by molar-refractivity contribution is 7.98. The minimum atomic E-state index is -0.932. The zero-order valence-electron chi connectivity index (χ0n) is 13.7. The van der Waals surface area contributed by atoms with Crippen molar-refractivity contribution in [2.75, 3.05) is 6.26 Å². The van der Waals surface area contributed by atoms with Crippen LogP contribution in [0.3, 0.4) is 0 Å². The minimum Gasteiger partial charge on any atom is -0.481 e. The van der Waals surface area contributed by atoms with E-state index < -0.39 is 5.97 Å². The SMILES string of the molecule is CSc1ccc(Oc2c(C)c(CC(=O)O)cc3ccc(F)cc23)nc1. The van der Waals surface area contributed by atoms with Crippen LogP contribution in [-0.4, -0.2) is 22.3 Å². The Morgan fingerprint density at radius 1 is 1.28 bits per heavy atom. The summed E-state index contributed by atoms with van der Waals surface area (Å²) in [4.78, 5) is 16.4. The fourth-order valence-electron chi connectivity index (χ4n) is 2.63. The largest absolute Gasteiger partial charge is 0.481 e. The van der Waals surface area contributed by atoms with Crippen molar-refractivity contribution in [3.8, 4) is 11.6 Å². The van der Waals surface area contributed by atoms with Crippen LogP contribution in [-0.2, 0) is 11.2 Å². The molecule has 0 aliphatic carbocycles. The van der Waals surface area contributed by atoms with Crippen LogP contribution in [0.1, 0.15) is 11.1 Å². The summed E-state index contributed by atoms with van der Waals surface area (Å²) in [6.07, 6.45) is 3.51. The maximum Gasteiger partial charge on any atom is 0.307 e. The first-order chi connectivity index (χ1) is 12.0. The molecule has 3 rings (SSSR count). The van der Waals surface area contributed by atoms with E-state index in [1.807, 2.05) is 12.3 Å². The third-order valence-electron chi connectivity index (χ3n) is 3.91. The average Bonchev–Trinajstić information content (AvgIpc) is 2.59.